The molecule has 2 aromatic rings. The van der Waals surface area contributed by atoms with E-state index in [-0.39, 0.29) is 12.5 Å². The van der Waals surface area contributed by atoms with Crippen LogP contribution in [0.15, 0.2) is 42.5 Å². The predicted octanol–water partition coefficient (Wildman–Crippen LogP) is 4.70. The molecule has 1 aliphatic rings. The number of nitrogens with one attached hydrogen (secondary N) is 1. The average Bonchev–Trinajstić information content (AvgIpc) is 2.89. The molecule has 0 bridgehead atoms. The van der Waals surface area contributed by atoms with E-state index < -0.39 is 0 Å². The van der Waals surface area contributed by atoms with Crippen molar-refractivity contribution < 1.29 is 9.53 Å². The standard InChI is InChI=1S/C22H28N2O2/c1-17-13-18(2)15-19(14-17)26-16-22(25)23-20-9-5-6-10-21(20)24-11-7-3-4-8-12-24/h5-6,9-10,13-15H,3-4,7-8,11-12,16H2,1-2H3,(H,23,25). The van der Waals surface area contributed by atoms with Crippen molar-refractivity contribution in [1.82, 2.24) is 0 Å². The molecule has 0 aliphatic carbocycles. The van der Waals surface area contributed by atoms with Crippen LogP contribution in [0.5, 0.6) is 5.75 Å². The van der Waals surface area contributed by atoms with E-state index in [2.05, 4.69) is 22.3 Å². The van der Waals surface area contributed by atoms with Crippen LogP contribution in [0.25, 0.3) is 0 Å². The molecule has 1 N–H and O–H groups in total. The minimum Gasteiger partial charge on any atom is -0.484 e. The number of rotatable bonds is 5. The molecule has 1 fully saturated rings. The van der Waals surface area contributed by atoms with Gasteiger partial charge in [-0.15, -0.1) is 0 Å². The van der Waals surface area contributed by atoms with Gasteiger partial charge in [-0.25, -0.2) is 0 Å². The Morgan fingerprint density at radius 1 is 1.00 bits per heavy atom. The van der Waals surface area contributed by atoms with Gasteiger partial charge in [-0.3, -0.25) is 4.79 Å². The number of benzene rings is 2. The molecule has 4 nitrogen and oxygen atoms in total. The van der Waals surface area contributed by atoms with Gasteiger partial charge in [-0.2, -0.15) is 0 Å². The Morgan fingerprint density at radius 3 is 2.35 bits per heavy atom. The largest absolute Gasteiger partial charge is 0.484 e. The predicted molar refractivity (Wildman–Crippen MR) is 107 cm³/mol. The van der Waals surface area contributed by atoms with Crippen LogP contribution in [-0.4, -0.2) is 25.6 Å². The summed E-state index contributed by atoms with van der Waals surface area (Å²) in [4.78, 5) is 14.8. The molecule has 0 saturated carbocycles. The second-order valence-corrected chi connectivity index (χ2v) is 7.08. The Labute approximate surface area is 156 Å². The molecule has 3 rings (SSSR count). The van der Waals surface area contributed by atoms with Gasteiger partial charge in [0.1, 0.15) is 5.75 Å². The highest BCUT2D eigenvalue weighted by Crippen LogP contribution is 2.28. The first kappa shape index (κ1) is 18.3. The fourth-order valence-corrected chi connectivity index (χ4v) is 3.52. The second kappa shape index (κ2) is 8.75. The van der Waals surface area contributed by atoms with Crippen LogP contribution in [0.3, 0.4) is 0 Å². The van der Waals surface area contributed by atoms with E-state index in [1.54, 1.807) is 0 Å². The highest BCUT2D eigenvalue weighted by atomic mass is 16.5. The Balaban J connectivity index is 1.63. The van der Waals surface area contributed by atoms with E-state index >= 15 is 0 Å². The van der Waals surface area contributed by atoms with Crippen molar-refractivity contribution in [3.8, 4) is 5.75 Å². The number of amides is 1. The number of ether oxygens (including phenoxy) is 1. The molecule has 4 heteroatoms. The van der Waals surface area contributed by atoms with Crippen LogP contribution in [0.1, 0.15) is 36.8 Å². The van der Waals surface area contributed by atoms with Gasteiger partial charge in [0.2, 0.25) is 0 Å². The van der Waals surface area contributed by atoms with Crippen molar-refractivity contribution in [2.45, 2.75) is 39.5 Å². The molecule has 1 saturated heterocycles. The summed E-state index contributed by atoms with van der Waals surface area (Å²) in [6.45, 7) is 6.16. The van der Waals surface area contributed by atoms with Gasteiger partial charge in [0.25, 0.3) is 5.91 Å². The summed E-state index contributed by atoms with van der Waals surface area (Å²) in [5, 5.41) is 3.02. The lowest BCUT2D eigenvalue weighted by Crippen LogP contribution is -2.27. The molecule has 0 aromatic heterocycles. The summed E-state index contributed by atoms with van der Waals surface area (Å²) in [7, 11) is 0. The van der Waals surface area contributed by atoms with E-state index in [9.17, 15) is 4.79 Å². The first-order valence-electron chi connectivity index (χ1n) is 9.47. The minimum absolute atomic E-state index is 0.0111. The molecule has 1 heterocycles. The number of aryl methyl sites for hydroxylation is 2. The molecule has 0 spiro atoms. The van der Waals surface area contributed by atoms with Gasteiger partial charge < -0.3 is 15.0 Å². The van der Waals surface area contributed by atoms with E-state index in [1.807, 2.05) is 44.2 Å². The van der Waals surface area contributed by atoms with Crippen molar-refractivity contribution in [3.63, 3.8) is 0 Å². The lowest BCUT2D eigenvalue weighted by Gasteiger charge is -2.25. The first-order chi connectivity index (χ1) is 12.6. The van der Waals surface area contributed by atoms with Crippen LogP contribution in [0, 0.1) is 13.8 Å². The maximum atomic E-state index is 12.4. The third-order valence-electron chi connectivity index (χ3n) is 4.69. The van der Waals surface area contributed by atoms with Gasteiger partial charge in [0.05, 0.1) is 11.4 Å². The quantitative estimate of drug-likeness (QED) is 0.848. The zero-order valence-corrected chi connectivity index (χ0v) is 15.8. The van der Waals surface area contributed by atoms with Crippen molar-refractivity contribution in [1.29, 1.82) is 0 Å². The topological polar surface area (TPSA) is 41.6 Å². The summed E-state index contributed by atoms with van der Waals surface area (Å²) >= 11 is 0. The van der Waals surface area contributed by atoms with Crippen LogP contribution < -0.4 is 15.0 Å². The first-order valence-corrected chi connectivity index (χ1v) is 9.47. The fourth-order valence-electron chi connectivity index (χ4n) is 3.52. The molecule has 0 atom stereocenters. The van der Waals surface area contributed by atoms with E-state index in [0.29, 0.717) is 0 Å². The van der Waals surface area contributed by atoms with Gasteiger partial charge in [0, 0.05) is 13.1 Å². The van der Waals surface area contributed by atoms with Gasteiger partial charge in [0.15, 0.2) is 6.61 Å². The van der Waals surface area contributed by atoms with Crippen molar-refractivity contribution in [2.24, 2.45) is 0 Å². The van der Waals surface area contributed by atoms with Crippen LogP contribution in [0.4, 0.5) is 11.4 Å². The molecule has 0 unspecified atom stereocenters. The number of anilines is 2. The summed E-state index contributed by atoms with van der Waals surface area (Å²) in [5.74, 6) is 0.602. The Kier molecular flexibility index (Phi) is 6.16. The normalized spacial score (nSPS) is 14.6. The maximum absolute atomic E-state index is 12.4. The maximum Gasteiger partial charge on any atom is 0.262 e. The zero-order chi connectivity index (χ0) is 18.4. The number of hydrogen-bond acceptors (Lipinski definition) is 3. The summed E-state index contributed by atoms with van der Waals surface area (Å²) in [6, 6.07) is 14.0. The second-order valence-electron chi connectivity index (χ2n) is 7.08. The number of carbonyl (C=O) groups is 1. The van der Waals surface area contributed by atoms with Crippen molar-refractivity contribution in [3.05, 3.63) is 53.6 Å². The summed E-state index contributed by atoms with van der Waals surface area (Å²) in [5.41, 5.74) is 4.23. The highest BCUT2D eigenvalue weighted by Gasteiger charge is 2.15. The van der Waals surface area contributed by atoms with Crippen molar-refractivity contribution in [2.75, 3.05) is 29.9 Å². The molecule has 1 amide bonds. The molecular weight excluding hydrogens is 324 g/mol. The lowest BCUT2D eigenvalue weighted by atomic mass is 10.1. The molecular formula is C22H28N2O2. The number of nitrogens with zero attached hydrogens (tertiary/aromatic N) is 1. The molecule has 2 aromatic carbocycles. The Morgan fingerprint density at radius 2 is 1.65 bits per heavy atom. The van der Waals surface area contributed by atoms with Crippen molar-refractivity contribution >= 4 is 17.3 Å². The van der Waals surface area contributed by atoms with E-state index in [0.717, 1.165) is 41.3 Å². The monoisotopic (exact) mass is 352 g/mol. The van der Waals surface area contributed by atoms with Gasteiger partial charge in [-0.05, 0) is 62.1 Å². The minimum atomic E-state index is -0.133. The number of carbonyl (C=O) groups excluding carboxylic acids is 1. The van der Waals surface area contributed by atoms with Crippen LogP contribution >= 0.6 is 0 Å². The summed E-state index contributed by atoms with van der Waals surface area (Å²) in [6.07, 6.45) is 4.99. The van der Waals surface area contributed by atoms with Gasteiger partial charge in [-0.1, -0.05) is 31.0 Å². The smallest absolute Gasteiger partial charge is 0.262 e. The third-order valence-corrected chi connectivity index (χ3v) is 4.69. The number of para-hydroxylation sites is 2. The molecule has 1 aliphatic heterocycles. The van der Waals surface area contributed by atoms with E-state index in [4.69, 9.17) is 4.74 Å². The Hall–Kier alpha value is -2.49. The SMILES string of the molecule is Cc1cc(C)cc(OCC(=O)Nc2ccccc2N2CCCCCC2)c1. The van der Waals surface area contributed by atoms with Crippen LogP contribution in [-0.2, 0) is 4.79 Å². The third kappa shape index (κ3) is 5.01. The average molecular weight is 352 g/mol. The molecule has 138 valence electrons. The fraction of sp³-hybridized carbons (Fsp3) is 0.409. The zero-order valence-electron chi connectivity index (χ0n) is 15.8. The highest BCUT2D eigenvalue weighted by molar-refractivity contribution is 5.95. The number of hydrogen-bond donors (Lipinski definition) is 1. The summed E-state index contributed by atoms with van der Waals surface area (Å²) < 4.78 is 5.68. The van der Waals surface area contributed by atoms with Gasteiger partial charge >= 0.3 is 0 Å². The van der Waals surface area contributed by atoms with E-state index in [1.165, 1.54) is 25.7 Å². The van der Waals surface area contributed by atoms with Crippen LogP contribution in [0.2, 0.25) is 0 Å². The lowest BCUT2D eigenvalue weighted by molar-refractivity contribution is -0.118. The Bertz CT molecular complexity index is 729. The molecule has 26 heavy (non-hydrogen) atoms. The molecule has 0 radical (unpaired) electrons.